The Morgan fingerprint density at radius 1 is 1.40 bits per heavy atom. The van der Waals surface area contributed by atoms with Crippen molar-refractivity contribution in [3.8, 4) is 0 Å². The zero-order chi connectivity index (χ0) is 11.1. The lowest BCUT2D eigenvalue weighted by Crippen LogP contribution is -2.16. The first-order valence-electron chi connectivity index (χ1n) is 4.91. The second-order valence-corrected chi connectivity index (χ2v) is 3.20. The van der Waals surface area contributed by atoms with Crippen molar-refractivity contribution in [2.75, 3.05) is 6.54 Å². The quantitative estimate of drug-likeness (QED) is 0.748. The Morgan fingerprint density at radius 2 is 2.07 bits per heavy atom. The van der Waals surface area contributed by atoms with Crippen molar-refractivity contribution in [3.05, 3.63) is 48.2 Å². The third-order valence-corrected chi connectivity index (χ3v) is 2.06. The van der Waals surface area contributed by atoms with Crippen LogP contribution < -0.4 is 0 Å². The molecule has 0 unspecified atom stereocenters. The fourth-order valence-corrected chi connectivity index (χ4v) is 1.26. The number of rotatable bonds is 5. The highest BCUT2D eigenvalue weighted by Gasteiger charge is 1.98. The number of hydrogen-bond donors (Lipinski definition) is 1. The molecule has 1 aromatic carbocycles. The summed E-state index contributed by atoms with van der Waals surface area (Å²) in [5, 5.41) is 8.51. The summed E-state index contributed by atoms with van der Waals surface area (Å²) in [4.78, 5) is 12.3. The van der Waals surface area contributed by atoms with Crippen LogP contribution in [0, 0.1) is 0 Å². The third-order valence-electron chi connectivity index (χ3n) is 2.06. The van der Waals surface area contributed by atoms with Gasteiger partial charge in [-0.05, 0) is 12.5 Å². The zero-order valence-corrected chi connectivity index (χ0v) is 8.76. The molecule has 80 valence electrons. The molecule has 0 aliphatic rings. The zero-order valence-electron chi connectivity index (χ0n) is 8.76. The van der Waals surface area contributed by atoms with Gasteiger partial charge in [-0.15, -0.1) is 0 Å². The Bertz CT molecular complexity index is 333. The van der Waals surface area contributed by atoms with Crippen LogP contribution in [-0.4, -0.2) is 22.5 Å². The number of aliphatic carboxylic acids is 1. The van der Waals surface area contributed by atoms with Crippen LogP contribution >= 0.6 is 0 Å². The molecule has 0 aromatic heterocycles. The second-order valence-electron chi connectivity index (χ2n) is 3.20. The molecule has 0 radical (unpaired) electrons. The highest BCUT2D eigenvalue weighted by molar-refractivity contribution is 5.79. The number of hydrogen-bond acceptors (Lipinski definition) is 2. The predicted molar refractivity (Wildman–Crippen MR) is 59.3 cm³/mol. The first-order chi connectivity index (χ1) is 7.22. The topological polar surface area (TPSA) is 40.5 Å². The van der Waals surface area contributed by atoms with E-state index in [1.54, 1.807) is 6.20 Å². The van der Waals surface area contributed by atoms with Crippen LogP contribution in [0.1, 0.15) is 12.5 Å². The Kier molecular flexibility index (Phi) is 4.41. The van der Waals surface area contributed by atoms with Crippen molar-refractivity contribution in [3.63, 3.8) is 0 Å². The average molecular weight is 205 g/mol. The van der Waals surface area contributed by atoms with E-state index in [0.29, 0.717) is 0 Å². The van der Waals surface area contributed by atoms with Crippen molar-refractivity contribution in [2.45, 2.75) is 13.5 Å². The molecule has 3 heteroatoms. The van der Waals surface area contributed by atoms with Gasteiger partial charge in [0.15, 0.2) is 0 Å². The summed E-state index contributed by atoms with van der Waals surface area (Å²) in [6.45, 7) is 3.52. The second kappa shape index (κ2) is 5.86. The normalized spacial score (nSPS) is 10.5. The molecule has 0 fully saturated rings. The van der Waals surface area contributed by atoms with Crippen LogP contribution in [0.15, 0.2) is 42.6 Å². The van der Waals surface area contributed by atoms with Crippen LogP contribution in [0.5, 0.6) is 0 Å². The SMILES string of the molecule is CCN(C=CC(=O)O)Cc1ccccc1. The number of benzene rings is 1. The lowest BCUT2D eigenvalue weighted by Gasteiger charge is -2.17. The van der Waals surface area contributed by atoms with E-state index in [0.717, 1.165) is 19.2 Å². The minimum Gasteiger partial charge on any atom is -0.478 e. The molecule has 0 saturated carbocycles. The first-order valence-corrected chi connectivity index (χ1v) is 4.91. The molecular weight excluding hydrogens is 190 g/mol. The highest BCUT2D eigenvalue weighted by atomic mass is 16.4. The van der Waals surface area contributed by atoms with Gasteiger partial charge in [-0.1, -0.05) is 30.3 Å². The van der Waals surface area contributed by atoms with Crippen molar-refractivity contribution < 1.29 is 9.90 Å². The molecule has 1 aromatic rings. The Balaban J connectivity index is 2.58. The molecule has 0 aliphatic heterocycles. The van der Waals surface area contributed by atoms with Crippen molar-refractivity contribution >= 4 is 5.97 Å². The summed E-state index contributed by atoms with van der Waals surface area (Å²) < 4.78 is 0. The van der Waals surface area contributed by atoms with Gasteiger partial charge in [0, 0.05) is 25.4 Å². The fourth-order valence-electron chi connectivity index (χ4n) is 1.26. The highest BCUT2D eigenvalue weighted by Crippen LogP contribution is 2.04. The van der Waals surface area contributed by atoms with E-state index < -0.39 is 5.97 Å². The minimum atomic E-state index is -0.915. The van der Waals surface area contributed by atoms with Crippen molar-refractivity contribution in [1.29, 1.82) is 0 Å². The molecule has 0 amide bonds. The summed E-state index contributed by atoms with van der Waals surface area (Å²) in [7, 11) is 0. The number of carboxylic acid groups (broad SMARTS) is 1. The number of carbonyl (C=O) groups is 1. The van der Waals surface area contributed by atoms with Gasteiger partial charge in [0.25, 0.3) is 0 Å². The summed E-state index contributed by atoms with van der Waals surface area (Å²) in [6, 6.07) is 9.97. The minimum absolute atomic E-state index is 0.737. The van der Waals surface area contributed by atoms with Gasteiger partial charge in [0.05, 0.1) is 0 Å². The standard InChI is InChI=1S/C12H15NO2/c1-2-13(9-8-12(14)15)10-11-6-4-3-5-7-11/h3-9H,2,10H2,1H3,(H,14,15). The molecule has 3 nitrogen and oxygen atoms in total. The summed E-state index contributed by atoms with van der Waals surface area (Å²) >= 11 is 0. The van der Waals surface area contributed by atoms with Crippen LogP contribution in [0.4, 0.5) is 0 Å². The molecule has 0 saturated heterocycles. The van der Waals surface area contributed by atoms with Crippen LogP contribution in [-0.2, 0) is 11.3 Å². The van der Waals surface area contributed by atoms with Crippen molar-refractivity contribution in [2.24, 2.45) is 0 Å². The molecular formula is C12H15NO2. The third kappa shape index (κ3) is 4.31. The maximum Gasteiger partial charge on any atom is 0.329 e. The van der Waals surface area contributed by atoms with Gasteiger partial charge in [0.2, 0.25) is 0 Å². The Labute approximate surface area is 89.6 Å². The molecule has 0 atom stereocenters. The van der Waals surface area contributed by atoms with E-state index in [2.05, 4.69) is 0 Å². The molecule has 15 heavy (non-hydrogen) atoms. The lowest BCUT2D eigenvalue weighted by atomic mass is 10.2. The van der Waals surface area contributed by atoms with Gasteiger partial charge in [-0.3, -0.25) is 0 Å². The van der Waals surface area contributed by atoms with Gasteiger partial charge in [-0.25, -0.2) is 4.79 Å². The van der Waals surface area contributed by atoms with Gasteiger partial charge < -0.3 is 10.0 Å². The monoisotopic (exact) mass is 205 g/mol. The summed E-state index contributed by atoms with van der Waals surface area (Å²) in [6.07, 6.45) is 2.77. The van der Waals surface area contributed by atoms with Crippen LogP contribution in [0.2, 0.25) is 0 Å². The number of carboxylic acids is 1. The smallest absolute Gasteiger partial charge is 0.329 e. The largest absolute Gasteiger partial charge is 0.478 e. The van der Waals surface area contributed by atoms with E-state index in [9.17, 15) is 4.79 Å². The maximum atomic E-state index is 10.4. The molecule has 0 bridgehead atoms. The first kappa shape index (κ1) is 11.3. The van der Waals surface area contributed by atoms with E-state index >= 15 is 0 Å². The molecule has 0 heterocycles. The Morgan fingerprint density at radius 3 is 2.60 bits per heavy atom. The summed E-state index contributed by atoms with van der Waals surface area (Å²) in [5.41, 5.74) is 1.18. The van der Waals surface area contributed by atoms with Crippen LogP contribution in [0.25, 0.3) is 0 Å². The predicted octanol–water partition coefficient (Wildman–Crippen LogP) is 2.11. The molecule has 1 rings (SSSR count). The average Bonchev–Trinajstić information content (AvgIpc) is 2.25. The van der Waals surface area contributed by atoms with Gasteiger partial charge in [0.1, 0.15) is 0 Å². The Hall–Kier alpha value is -1.77. The number of nitrogens with zero attached hydrogens (tertiary/aromatic N) is 1. The lowest BCUT2D eigenvalue weighted by molar-refractivity contribution is -0.131. The van der Waals surface area contributed by atoms with E-state index in [-0.39, 0.29) is 0 Å². The summed E-state index contributed by atoms with van der Waals surface area (Å²) in [5.74, 6) is -0.915. The van der Waals surface area contributed by atoms with Gasteiger partial charge >= 0.3 is 5.97 Å². The molecule has 1 N–H and O–H groups in total. The van der Waals surface area contributed by atoms with E-state index in [4.69, 9.17) is 5.11 Å². The van der Waals surface area contributed by atoms with E-state index in [1.165, 1.54) is 5.56 Å². The molecule has 0 aliphatic carbocycles. The van der Waals surface area contributed by atoms with Crippen LogP contribution in [0.3, 0.4) is 0 Å². The molecule has 0 spiro atoms. The van der Waals surface area contributed by atoms with Crippen molar-refractivity contribution in [1.82, 2.24) is 4.90 Å². The maximum absolute atomic E-state index is 10.4. The van der Waals surface area contributed by atoms with Gasteiger partial charge in [-0.2, -0.15) is 0 Å². The fraction of sp³-hybridized carbons (Fsp3) is 0.250. The van der Waals surface area contributed by atoms with E-state index in [1.807, 2.05) is 42.2 Å².